The van der Waals surface area contributed by atoms with E-state index in [0.717, 1.165) is 0 Å². The molecule has 0 bridgehead atoms. The number of methoxy groups -OCH3 is 2. The van der Waals surface area contributed by atoms with Crippen LogP contribution in [0.3, 0.4) is 0 Å². The minimum atomic E-state index is -0.784. The second-order valence-electron chi connectivity index (χ2n) is 6.17. The van der Waals surface area contributed by atoms with Crippen molar-refractivity contribution in [3.05, 3.63) is 27.8 Å². The second kappa shape index (κ2) is 8.46. The maximum Gasteiger partial charge on any atom is 0.227 e. The fraction of sp³-hybridized carbons (Fsp3) is 0.647. The molecular weight excluding hydrogens is 330 g/mol. The predicted molar refractivity (Wildman–Crippen MR) is 88.5 cm³/mol. The van der Waals surface area contributed by atoms with Crippen LogP contribution in [0.2, 0.25) is 0 Å². The van der Waals surface area contributed by atoms with Gasteiger partial charge in [-0.3, -0.25) is 9.59 Å². The van der Waals surface area contributed by atoms with Gasteiger partial charge < -0.3 is 29.1 Å². The third-order valence-electron chi connectivity index (χ3n) is 4.47. The maximum atomic E-state index is 12.4. The van der Waals surface area contributed by atoms with Crippen molar-refractivity contribution in [2.45, 2.75) is 37.9 Å². The molecule has 2 rings (SSSR count). The van der Waals surface area contributed by atoms with E-state index in [1.807, 2.05) is 0 Å². The monoisotopic (exact) mass is 355 g/mol. The van der Waals surface area contributed by atoms with Gasteiger partial charge >= 0.3 is 0 Å². The summed E-state index contributed by atoms with van der Waals surface area (Å²) in [6, 6.07) is 1.23. The highest BCUT2D eigenvalue weighted by Crippen LogP contribution is 2.41. The van der Waals surface area contributed by atoms with Gasteiger partial charge in [-0.05, 0) is 19.8 Å². The van der Waals surface area contributed by atoms with E-state index in [0.29, 0.717) is 31.8 Å². The molecule has 1 aliphatic heterocycles. The minimum absolute atomic E-state index is 0.0659. The lowest BCUT2D eigenvalue weighted by Crippen LogP contribution is -2.42. The zero-order chi connectivity index (χ0) is 18.4. The number of nitrogens with one attached hydrogen (secondary N) is 1. The molecule has 0 unspecified atom stereocenters. The number of hydrogen-bond acceptors (Lipinski definition) is 7. The number of amides is 1. The van der Waals surface area contributed by atoms with Gasteiger partial charge in [0.05, 0.1) is 6.54 Å². The first-order chi connectivity index (χ1) is 11.9. The van der Waals surface area contributed by atoms with E-state index in [1.54, 1.807) is 6.92 Å². The first kappa shape index (κ1) is 19.4. The van der Waals surface area contributed by atoms with Crippen molar-refractivity contribution in [2.24, 2.45) is 0 Å². The summed E-state index contributed by atoms with van der Waals surface area (Å²) in [4.78, 5) is 24.4. The molecule has 140 valence electrons. The first-order valence-electron chi connectivity index (χ1n) is 8.16. The molecule has 2 N–H and O–H groups in total. The Hall–Kier alpha value is -1.90. The molecule has 1 fully saturated rings. The van der Waals surface area contributed by atoms with E-state index in [9.17, 15) is 14.7 Å². The van der Waals surface area contributed by atoms with Crippen LogP contribution in [0.5, 0.6) is 5.75 Å². The molecule has 1 aromatic heterocycles. The summed E-state index contributed by atoms with van der Waals surface area (Å²) in [5, 5.41) is 13.0. The molecule has 1 amide bonds. The van der Waals surface area contributed by atoms with Crippen LogP contribution in [0.15, 0.2) is 15.3 Å². The van der Waals surface area contributed by atoms with E-state index in [4.69, 9.17) is 18.6 Å². The van der Waals surface area contributed by atoms with Crippen LogP contribution in [0.1, 0.15) is 30.8 Å². The zero-order valence-electron chi connectivity index (χ0n) is 14.8. The van der Waals surface area contributed by atoms with Crippen molar-refractivity contribution in [3.63, 3.8) is 0 Å². The average molecular weight is 355 g/mol. The Bertz CT molecular complexity index is 645. The van der Waals surface area contributed by atoms with Crippen LogP contribution in [-0.2, 0) is 24.4 Å². The summed E-state index contributed by atoms with van der Waals surface area (Å²) in [5.41, 5.74) is -1.29. The topological polar surface area (TPSA) is 107 Å². The van der Waals surface area contributed by atoms with Gasteiger partial charge in [-0.15, -0.1) is 0 Å². The van der Waals surface area contributed by atoms with Crippen LogP contribution in [0, 0.1) is 6.92 Å². The Labute approximate surface area is 146 Å². The Balaban J connectivity index is 2.24. The van der Waals surface area contributed by atoms with E-state index < -0.39 is 22.9 Å². The van der Waals surface area contributed by atoms with Gasteiger partial charge in [-0.1, -0.05) is 0 Å². The summed E-state index contributed by atoms with van der Waals surface area (Å²) in [6.07, 6.45) is 0.465. The smallest absolute Gasteiger partial charge is 0.227 e. The molecule has 0 spiro atoms. The molecule has 1 saturated heterocycles. The number of hydrogen-bond donors (Lipinski definition) is 2. The third-order valence-corrected chi connectivity index (χ3v) is 4.47. The SMILES string of the molecule is COC(CNC(=O)CC1(c2oc(C)cc(=O)c2O)CCOCC1)OC. The van der Waals surface area contributed by atoms with Crippen molar-refractivity contribution in [3.8, 4) is 5.75 Å². The molecule has 0 saturated carbocycles. The van der Waals surface area contributed by atoms with E-state index in [2.05, 4.69) is 5.32 Å². The standard InChI is InChI=1S/C17H25NO7/c1-11-8-12(19)15(21)16(25-11)17(4-6-24-7-5-17)9-13(20)18-10-14(22-2)23-3/h8,14,21H,4-7,9-10H2,1-3H3,(H,18,20). The van der Waals surface area contributed by atoms with Gasteiger partial charge in [0, 0.05) is 45.3 Å². The van der Waals surface area contributed by atoms with Crippen molar-refractivity contribution < 1.29 is 28.5 Å². The molecule has 0 aliphatic carbocycles. The molecule has 25 heavy (non-hydrogen) atoms. The minimum Gasteiger partial charge on any atom is -0.502 e. The second-order valence-corrected chi connectivity index (χ2v) is 6.17. The maximum absolute atomic E-state index is 12.4. The molecule has 8 nitrogen and oxygen atoms in total. The normalized spacial score (nSPS) is 16.8. The average Bonchev–Trinajstić information content (AvgIpc) is 2.59. The Morgan fingerprint density at radius 3 is 2.60 bits per heavy atom. The van der Waals surface area contributed by atoms with Gasteiger partial charge in [0.15, 0.2) is 12.1 Å². The Morgan fingerprint density at radius 2 is 2.00 bits per heavy atom. The summed E-state index contributed by atoms with van der Waals surface area (Å²) in [6.45, 7) is 2.67. The zero-order valence-corrected chi connectivity index (χ0v) is 14.8. The molecule has 8 heteroatoms. The fourth-order valence-electron chi connectivity index (χ4n) is 3.04. The molecule has 1 aliphatic rings. The van der Waals surface area contributed by atoms with Crippen LogP contribution in [-0.4, -0.2) is 51.3 Å². The summed E-state index contributed by atoms with van der Waals surface area (Å²) >= 11 is 0. The summed E-state index contributed by atoms with van der Waals surface area (Å²) in [5.74, 6) is -0.134. The van der Waals surface area contributed by atoms with Crippen molar-refractivity contribution in [2.75, 3.05) is 34.0 Å². The molecule has 0 aromatic carbocycles. The third kappa shape index (κ3) is 4.59. The quantitative estimate of drug-likeness (QED) is 0.698. The van der Waals surface area contributed by atoms with Gasteiger partial charge in [0.1, 0.15) is 5.76 Å². The molecule has 2 heterocycles. The molecule has 0 atom stereocenters. The van der Waals surface area contributed by atoms with Gasteiger partial charge in [-0.25, -0.2) is 0 Å². The Morgan fingerprint density at radius 1 is 1.36 bits per heavy atom. The Kier molecular flexibility index (Phi) is 6.57. The van der Waals surface area contributed by atoms with Crippen LogP contribution in [0.4, 0.5) is 0 Å². The number of carbonyl (C=O) groups is 1. The lowest BCUT2D eigenvalue weighted by Gasteiger charge is -2.36. The summed E-state index contributed by atoms with van der Waals surface area (Å²) in [7, 11) is 2.97. The predicted octanol–water partition coefficient (Wildman–Crippen LogP) is 0.827. The van der Waals surface area contributed by atoms with Crippen molar-refractivity contribution in [1.29, 1.82) is 0 Å². The highest BCUT2D eigenvalue weighted by Gasteiger charge is 2.42. The summed E-state index contributed by atoms with van der Waals surface area (Å²) < 4.78 is 21.1. The number of rotatable bonds is 7. The molecule has 0 radical (unpaired) electrons. The van der Waals surface area contributed by atoms with Crippen molar-refractivity contribution >= 4 is 5.91 Å². The van der Waals surface area contributed by atoms with Crippen LogP contribution >= 0.6 is 0 Å². The number of aromatic hydroxyl groups is 1. The fourth-order valence-corrected chi connectivity index (χ4v) is 3.04. The largest absolute Gasteiger partial charge is 0.502 e. The van der Waals surface area contributed by atoms with Crippen LogP contribution in [0.25, 0.3) is 0 Å². The van der Waals surface area contributed by atoms with Gasteiger partial charge in [0.25, 0.3) is 0 Å². The van der Waals surface area contributed by atoms with Crippen molar-refractivity contribution in [1.82, 2.24) is 5.32 Å². The van der Waals surface area contributed by atoms with E-state index in [-0.39, 0.29) is 24.6 Å². The lowest BCUT2D eigenvalue weighted by atomic mass is 9.74. The lowest BCUT2D eigenvalue weighted by molar-refractivity contribution is -0.129. The van der Waals surface area contributed by atoms with E-state index >= 15 is 0 Å². The molecular formula is C17H25NO7. The number of ether oxygens (including phenoxy) is 3. The number of carbonyl (C=O) groups excluding carboxylic acids is 1. The number of aryl methyl sites for hydroxylation is 1. The first-order valence-corrected chi connectivity index (χ1v) is 8.16. The molecule has 1 aromatic rings. The highest BCUT2D eigenvalue weighted by atomic mass is 16.7. The van der Waals surface area contributed by atoms with Gasteiger partial charge in [-0.2, -0.15) is 0 Å². The van der Waals surface area contributed by atoms with E-state index in [1.165, 1.54) is 20.3 Å². The van der Waals surface area contributed by atoms with Gasteiger partial charge in [0.2, 0.25) is 17.1 Å². The van der Waals surface area contributed by atoms with Crippen LogP contribution < -0.4 is 10.7 Å². The highest BCUT2D eigenvalue weighted by molar-refractivity contribution is 5.77.